The third-order valence-corrected chi connectivity index (χ3v) is 3.79. The summed E-state index contributed by atoms with van der Waals surface area (Å²) in [4.78, 5) is 13.2. The monoisotopic (exact) mass is 277 g/mol. The van der Waals surface area contributed by atoms with Crippen LogP contribution in [-0.2, 0) is 11.2 Å². The standard InChI is InChI=1S/C14H19N3OS/c1-2-10-5-7-11(8-6-10)16-14(19)17-9-3-4-12(17)13(15)18/h5-8,12H,2-4,9H2,1H3,(H2,15,18)(H,16,19)/t12-/m0/s1. The molecule has 2 rings (SSSR count). The van der Waals surface area contributed by atoms with E-state index in [1.165, 1.54) is 5.56 Å². The van der Waals surface area contributed by atoms with Crippen LogP contribution >= 0.6 is 12.2 Å². The number of carbonyl (C=O) groups is 1. The van der Waals surface area contributed by atoms with Gasteiger partial charge in [-0.1, -0.05) is 19.1 Å². The highest BCUT2D eigenvalue weighted by Gasteiger charge is 2.30. The van der Waals surface area contributed by atoms with E-state index in [1.54, 1.807) is 0 Å². The van der Waals surface area contributed by atoms with Crippen LogP contribution in [0.25, 0.3) is 0 Å². The molecule has 1 aromatic carbocycles. The molecule has 1 aliphatic rings. The minimum absolute atomic E-state index is 0.269. The lowest BCUT2D eigenvalue weighted by molar-refractivity contribution is -0.121. The van der Waals surface area contributed by atoms with Gasteiger partial charge in [0.1, 0.15) is 6.04 Å². The summed E-state index contributed by atoms with van der Waals surface area (Å²) in [6.45, 7) is 2.90. The van der Waals surface area contributed by atoms with Gasteiger partial charge >= 0.3 is 0 Å². The van der Waals surface area contributed by atoms with Gasteiger partial charge in [-0.05, 0) is 49.2 Å². The fourth-order valence-electron chi connectivity index (χ4n) is 2.32. The Morgan fingerprint density at radius 2 is 2.16 bits per heavy atom. The van der Waals surface area contributed by atoms with Gasteiger partial charge in [-0.3, -0.25) is 4.79 Å². The van der Waals surface area contributed by atoms with E-state index in [9.17, 15) is 4.79 Å². The fourth-order valence-corrected chi connectivity index (χ4v) is 2.66. The van der Waals surface area contributed by atoms with Crippen molar-refractivity contribution in [2.45, 2.75) is 32.2 Å². The average molecular weight is 277 g/mol. The summed E-state index contributed by atoms with van der Waals surface area (Å²) in [5, 5.41) is 3.74. The van der Waals surface area contributed by atoms with Gasteiger partial charge in [-0.15, -0.1) is 0 Å². The van der Waals surface area contributed by atoms with Crippen LogP contribution in [0.4, 0.5) is 5.69 Å². The molecule has 1 heterocycles. The molecule has 1 aromatic rings. The molecule has 5 heteroatoms. The van der Waals surface area contributed by atoms with Crippen molar-refractivity contribution in [1.82, 2.24) is 4.90 Å². The van der Waals surface area contributed by atoms with Crippen LogP contribution in [0, 0.1) is 0 Å². The van der Waals surface area contributed by atoms with Crippen LogP contribution in [0.3, 0.4) is 0 Å². The Labute approximate surface area is 119 Å². The minimum atomic E-state index is -0.303. The summed E-state index contributed by atoms with van der Waals surface area (Å²) in [6.07, 6.45) is 2.75. The van der Waals surface area contributed by atoms with Crippen molar-refractivity contribution in [3.63, 3.8) is 0 Å². The lowest BCUT2D eigenvalue weighted by Gasteiger charge is -2.25. The number of likely N-dealkylation sites (tertiary alicyclic amines) is 1. The van der Waals surface area contributed by atoms with E-state index >= 15 is 0 Å². The topological polar surface area (TPSA) is 58.4 Å². The summed E-state index contributed by atoms with van der Waals surface area (Å²) in [5.41, 5.74) is 7.62. The Hall–Kier alpha value is -1.62. The number of primary amides is 1. The normalized spacial score (nSPS) is 18.4. The summed E-state index contributed by atoms with van der Waals surface area (Å²) in [7, 11) is 0. The van der Waals surface area contributed by atoms with Gasteiger partial charge in [-0.25, -0.2) is 0 Å². The number of thiocarbonyl (C=S) groups is 1. The first-order valence-electron chi connectivity index (χ1n) is 6.57. The maximum atomic E-state index is 11.3. The molecule has 0 spiro atoms. The summed E-state index contributed by atoms with van der Waals surface area (Å²) >= 11 is 5.36. The quantitative estimate of drug-likeness (QED) is 0.829. The number of nitrogens with one attached hydrogen (secondary N) is 1. The predicted octanol–water partition coefficient (Wildman–Crippen LogP) is 1.90. The van der Waals surface area contributed by atoms with Gasteiger partial charge in [0.15, 0.2) is 5.11 Å². The highest BCUT2D eigenvalue weighted by Crippen LogP contribution is 2.19. The van der Waals surface area contributed by atoms with Crippen LogP contribution in [0.5, 0.6) is 0 Å². The van der Waals surface area contributed by atoms with Crippen molar-refractivity contribution in [3.05, 3.63) is 29.8 Å². The molecule has 0 radical (unpaired) electrons. The zero-order valence-corrected chi connectivity index (χ0v) is 11.9. The van der Waals surface area contributed by atoms with Crippen molar-refractivity contribution in [2.75, 3.05) is 11.9 Å². The van der Waals surface area contributed by atoms with Gasteiger partial charge in [0.05, 0.1) is 0 Å². The SMILES string of the molecule is CCc1ccc(NC(=S)N2CCC[C@H]2C(N)=O)cc1. The average Bonchev–Trinajstić information content (AvgIpc) is 2.89. The predicted molar refractivity (Wildman–Crippen MR) is 81.0 cm³/mol. The van der Waals surface area contributed by atoms with Crippen molar-refractivity contribution < 1.29 is 4.79 Å². The Morgan fingerprint density at radius 3 is 2.74 bits per heavy atom. The molecule has 1 fully saturated rings. The van der Waals surface area contributed by atoms with E-state index in [-0.39, 0.29) is 11.9 Å². The highest BCUT2D eigenvalue weighted by molar-refractivity contribution is 7.80. The smallest absolute Gasteiger partial charge is 0.240 e. The van der Waals surface area contributed by atoms with Gasteiger partial charge in [0, 0.05) is 12.2 Å². The number of carbonyl (C=O) groups excluding carboxylic acids is 1. The van der Waals surface area contributed by atoms with E-state index < -0.39 is 0 Å². The number of nitrogens with zero attached hydrogens (tertiary/aromatic N) is 1. The Kier molecular flexibility index (Phi) is 4.37. The molecule has 1 amide bonds. The summed E-state index contributed by atoms with van der Waals surface area (Å²) in [6, 6.07) is 7.87. The summed E-state index contributed by atoms with van der Waals surface area (Å²) in [5.74, 6) is -0.303. The molecule has 0 unspecified atom stereocenters. The number of benzene rings is 1. The number of anilines is 1. The fraction of sp³-hybridized carbons (Fsp3) is 0.429. The maximum absolute atomic E-state index is 11.3. The number of hydrogen-bond acceptors (Lipinski definition) is 2. The largest absolute Gasteiger partial charge is 0.368 e. The molecule has 0 aliphatic carbocycles. The number of aryl methyl sites for hydroxylation is 1. The van der Waals surface area contributed by atoms with Crippen LogP contribution in [0.2, 0.25) is 0 Å². The molecule has 0 bridgehead atoms. The van der Waals surface area contributed by atoms with E-state index in [1.807, 2.05) is 17.0 Å². The lowest BCUT2D eigenvalue weighted by atomic mass is 10.1. The Bertz CT molecular complexity index is 472. The van der Waals surface area contributed by atoms with E-state index in [0.29, 0.717) is 5.11 Å². The first-order chi connectivity index (χ1) is 9.11. The Morgan fingerprint density at radius 1 is 1.47 bits per heavy atom. The second kappa shape index (κ2) is 6.02. The van der Waals surface area contributed by atoms with Gasteiger partial charge in [0.2, 0.25) is 5.91 Å². The van der Waals surface area contributed by atoms with Crippen molar-refractivity contribution in [1.29, 1.82) is 0 Å². The first-order valence-corrected chi connectivity index (χ1v) is 6.98. The van der Waals surface area contributed by atoms with E-state index in [0.717, 1.165) is 31.5 Å². The zero-order chi connectivity index (χ0) is 13.8. The molecular formula is C14H19N3OS. The van der Waals surface area contributed by atoms with Crippen molar-refractivity contribution >= 4 is 28.9 Å². The number of rotatable bonds is 3. The minimum Gasteiger partial charge on any atom is -0.368 e. The molecule has 4 nitrogen and oxygen atoms in total. The van der Waals surface area contributed by atoms with Crippen LogP contribution in [0.15, 0.2) is 24.3 Å². The second-order valence-electron chi connectivity index (χ2n) is 4.73. The number of nitrogens with two attached hydrogens (primary N) is 1. The molecule has 0 aromatic heterocycles. The first kappa shape index (κ1) is 13.8. The number of hydrogen-bond donors (Lipinski definition) is 2. The third-order valence-electron chi connectivity index (χ3n) is 3.46. The van der Waals surface area contributed by atoms with Gasteiger partial charge in [0.25, 0.3) is 0 Å². The molecule has 0 saturated carbocycles. The van der Waals surface area contributed by atoms with Crippen LogP contribution < -0.4 is 11.1 Å². The Balaban J connectivity index is 2.01. The molecule has 1 atom stereocenters. The van der Waals surface area contributed by atoms with E-state index in [4.69, 9.17) is 18.0 Å². The van der Waals surface area contributed by atoms with E-state index in [2.05, 4.69) is 24.4 Å². The third kappa shape index (κ3) is 3.23. The van der Waals surface area contributed by atoms with Crippen molar-refractivity contribution in [3.8, 4) is 0 Å². The summed E-state index contributed by atoms with van der Waals surface area (Å²) < 4.78 is 0. The maximum Gasteiger partial charge on any atom is 0.240 e. The zero-order valence-electron chi connectivity index (χ0n) is 11.1. The molecule has 102 valence electrons. The molecular weight excluding hydrogens is 258 g/mol. The van der Waals surface area contributed by atoms with Crippen LogP contribution in [-0.4, -0.2) is 28.5 Å². The number of amides is 1. The second-order valence-corrected chi connectivity index (χ2v) is 5.12. The van der Waals surface area contributed by atoms with Gasteiger partial charge < -0.3 is 16.0 Å². The molecule has 1 saturated heterocycles. The molecule has 19 heavy (non-hydrogen) atoms. The highest BCUT2D eigenvalue weighted by atomic mass is 32.1. The van der Waals surface area contributed by atoms with Crippen molar-refractivity contribution in [2.24, 2.45) is 5.73 Å². The molecule has 3 N–H and O–H groups in total. The van der Waals surface area contributed by atoms with Crippen LogP contribution in [0.1, 0.15) is 25.3 Å². The molecule has 1 aliphatic heterocycles. The lowest BCUT2D eigenvalue weighted by Crippen LogP contribution is -2.45. The van der Waals surface area contributed by atoms with Gasteiger partial charge in [-0.2, -0.15) is 0 Å².